The predicted molar refractivity (Wildman–Crippen MR) is 132 cm³/mol. The van der Waals surface area contributed by atoms with Crippen molar-refractivity contribution in [2.24, 2.45) is 0 Å². The Hall–Kier alpha value is -4.25. The van der Waals surface area contributed by atoms with Crippen LogP contribution in [0.2, 0.25) is 0 Å². The van der Waals surface area contributed by atoms with Crippen molar-refractivity contribution in [2.45, 2.75) is 19.3 Å². The van der Waals surface area contributed by atoms with Crippen molar-refractivity contribution in [2.75, 3.05) is 11.1 Å². The zero-order valence-corrected chi connectivity index (χ0v) is 18.6. The van der Waals surface area contributed by atoms with Gasteiger partial charge in [-0.05, 0) is 83.9 Å². The van der Waals surface area contributed by atoms with Crippen LogP contribution in [0.15, 0.2) is 97.1 Å². The van der Waals surface area contributed by atoms with Gasteiger partial charge < -0.3 is 20.5 Å². The third kappa shape index (κ3) is 5.33. The first-order chi connectivity index (χ1) is 15.9. The SMILES string of the molecule is CC(C)(c1ccc(Oc2ccc(N)cc2)cc1)c1ccc(Oc2ccc(NC=O)cc2)cc1. The average Bonchev–Trinajstić information content (AvgIpc) is 2.83. The highest BCUT2D eigenvalue weighted by Crippen LogP contribution is 2.34. The predicted octanol–water partition coefficient (Wildman–Crippen LogP) is 6.75. The minimum atomic E-state index is -0.194. The van der Waals surface area contributed by atoms with E-state index in [0.717, 1.165) is 22.9 Å². The van der Waals surface area contributed by atoms with E-state index in [1.807, 2.05) is 60.7 Å². The van der Waals surface area contributed by atoms with Gasteiger partial charge in [-0.15, -0.1) is 0 Å². The van der Waals surface area contributed by atoms with E-state index in [1.165, 1.54) is 11.1 Å². The second kappa shape index (κ2) is 9.49. The number of hydrogen-bond donors (Lipinski definition) is 2. The van der Waals surface area contributed by atoms with E-state index in [9.17, 15) is 4.79 Å². The average molecular weight is 439 g/mol. The van der Waals surface area contributed by atoms with Crippen LogP contribution < -0.4 is 20.5 Å². The molecule has 0 unspecified atom stereocenters. The van der Waals surface area contributed by atoms with E-state index in [1.54, 1.807) is 12.1 Å². The van der Waals surface area contributed by atoms with Gasteiger partial charge in [-0.2, -0.15) is 0 Å². The highest BCUT2D eigenvalue weighted by atomic mass is 16.5. The lowest BCUT2D eigenvalue weighted by atomic mass is 9.78. The van der Waals surface area contributed by atoms with Crippen LogP contribution in [0.4, 0.5) is 11.4 Å². The first-order valence-corrected chi connectivity index (χ1v) is 10.7. The monoisotopic (exact) mass is 438 g/mol. The zero-order chi connectivity index (χ0) is 23.3. The molecule has 4 aromatic rings. The van der Waals surface area contributed by atoms with Crippen LogP contribution in [0, 0.1) is 0 Å². The van der Waals surface area contributed by atoms with E-state index >= 15 is 0 Å². The van der Waals surface area contributed by atoms with Crippen molar-refractivity contribution in [3.63, 3.8) is 0 Å². The van der Waals surface area contributed by atoms with Crippen LogP contribution >= 0.6 is 0 Å². The summed E-state index contributed by atoms with van der Waals surface area (Å²) in [6, 6.07) is 30.8. The summed E-state index contributed by atoms with van der Waals surface area (Å²) in [7, 11) is 0. The summed E-state index contributed by atoms with van der Waals surface area (Å²) >= 11 is 0. The van der Waals surface area contributed by atoms with Crippen LogP contribution in [0.1, 0.15) is 25.0 Å². The molecule has 4 aromatic carbocycles. The molecular weight excluding hydrogens is 412 g/mol. The molecule has 0 aliphatic heterocycles. The second-order valence-corrected chi connectivity index (χ2v) is 8.23. The minimum absolute atomic E-state index is 0.194. The van der Waals surface area contributed by atoms with Crippen molar-refractivity contribution in [1.29, 1.82) is 0 Å². The Morgan fingerprint density at radius 2 is 1.00 bits per heavy atom. The van der Waals surface area contributed by atoms with E-state index in [-0.39, 0.29) is 5.41 Å². The Bertz CT molecular complexity index is 1200. The molecule has 0 bridgehead atoms. The lowest BCUT2D eigenvalue weighted by Crippen LogP contribution is -2.18. The number of nitrogens with one attached hydrogen (secondary N) is 1. The van der Waals surface area contributed by atoms with Crippen LogP contribution in [0.5, 0.6) is 23.0 Å². The molecule has 0 saturated heterocycles. The summed E-state index contributed by atoms with van der Waals surface area (Å²) in [5.41, 5.74) is 9.32. The van der Waals surface area contributed by atoms with Gasteiger partial charge in [0.15, 0.2) is 0 Å². The van der Waals surface area contributed by atoms with Gasteiger partial charge in [0.25, 0.3) is 0 Å². The highest BCUT2D eigenvalue weighted by molar-refractivity contribution is 5.71. The number of rotatable bonds is 8. The maximum atomic E-state index is 10.5. The summed E-state index contributed by atoms with van der Waals surface area (Å²) in [5, 5.41) is 2.61. The van der Waals surface area contributed by atoms with Gasteiger partial charge in [0.05, 0.1) is 0 Å². The Kier molecular flexibility index (Phi) is 6.31. The Morgan fingerprint density at radius 1 is 0.636 bits per heavy atom. The molecule has 3 N–H and O–H groups in total. The molecule has 4 rings (SSSR count). The number of anilines is 2. The van der Waals surface area contributed by atoms with Crippen LogP contribution in [0.25, 0.3) is 0 Å². The van der Waals surface area contributed by atoms with Crippen molar-refractivity contribution < 1.29 is 14.3 Å². The first kappa shape index (κ1) is 22.0. The van der Waals surface area contributed by atoms with Gasteiger partial charge in [-0.3, -0.25) is 4.79 Å². The molecule has 0 aliphatic carbocycles. The molecule has 0 radical (unpaired) electrons. The molecule has 5 nitrogen and oxygen atoms in total. The maximum Gasteiger partial charge on any atom is 0.211 e. The topological polar surface area (TPSA) is 73.6 Å². The van der Waals surface area contributed by atoms with Crippen LogP contribution in [-0.4, -0.2) is 6.41 Å². The normalized spacial score (nSPS) is 11.0. The first-order valence-electron chi connectivity index (χ1n) is 10.7. The van der Waals surface area contributed by atoms with Gasteiger partial charge in [0, 0.05) is 16.8 Å². The van der Waals surface area contributed by atoms with Crippen molar-refractivity contribution in [1.82, 2.24) is 0 Å². The second-order valence-electron chi connectivity index (χ2n) is 8.23. The molecule has 166 valence electrons. The fourth-order valence-corrected chi connectivity index (χ4v) is 3.54. The minimum Gasteiger partial charge on any atom is -0.457 e. The molecule has 5 heteroatoms. The molecule has 0 aliphatic rings. The lowest BCUT2D eigenvalue weighted by molar-refractivity contribution is -0.105. The summed E-state index contributed by atoms with van der Waals surface area (Å²) in [5.74, 6) is 2.98. The third-order valence-electron chi connectivity index (χ3n) is 5.58. The number of carbonyl (C=O) groups is 1. The number of nitrogens with two attached hydrogens (primary N) is 1. The van der Waals surface area contributed by atoms with Crippen molar-refractivity contribution >= 4 is 17.8 Å². The van der Waals surface area contributed by atoms with Crippen molar-refractivity contribution in [3.8, 4) is 23.0 Å². The molecule has 0 heterocycles. The highest BCUT2D eigenvalue weighted by Gasteiger charge is 2.23. The molecule has 0 aromatic heterocycles. The van der Waals surface area contributed by atoms with Crippen LogP contribution in [-0.2, 0) is 10.2 Å². The standard InChI is InChI=1S/C28H26N2O3/c1-28(2,20-3-11-24(12-4-20)32-26-15-7-22(29)8-16-26)21-5-13-25(14-6-21)33-27-17-9-23(10-18-27)30-19-31/h3-19H,29H2,1-2H3,(H,30,31). The quantitative estimate of drug-likeness (QED) is 0.236. The van der Waals surface area contributed by atoms with Gasteiger partial charge in [0.1, 0.15) is 23.0 Å². The maximum absolute atomic E-state index is 10.5. The summed E-state index contributed by atoms with van der Waals surface area (Å²) in [4.78, 5) is 10.5. The summed E-state index contributed by atoms with van der Waals surface area (Å²) in [6.45, 7) is 4.38. The van der Waals surface area contributed by atoms with Gasteiger partial charge in [-0.25, -0.2) is 0 Å². The fraction of sp³-hybridized carbons (Fsp3) is 0.107. The smallest absolute Gasteiger partial charge is 0.211 e. The Morgan fingerprint density at radius 3 is 1.39 bits per heavy atom. The number of nitrogen functional groups attached to an aromatic ring is 1. The number of hydrogen-bond acceptors (Lipinski definition) is 4. The van der Waals surface area contributed by atoms with Gasteiger partial charge in [0.2, 0.25) is 6.41 Å². The zero-order valence-electron chi connectivity index (χ0n) is 18.6. The molecule has 33 heavy (non-hydrogen) atoms. The summed E-state index contributed by atoms with van der Waals surface area (Å²) in [6.07, 6.45) is 0.650. The molecule has 0 saturated carbocycles. The lowest BCUT2D eigenvalue weighted by Gasteiger charge is -2.26. The number of amides is 1. The fourth-order valence-electron chi connectivity index (χ4n) is 3.54. The molecule has 1 amide bonds. The van der Waals surface area contributed by atoms with Gasteiger partial charge in [-0.1, -0.05) is 38.1 Å². The van der Waals surface area contributed by atoms with E-state index in [4.69, 9.17) is 15.2 Å². The number of ether oxygens (including phenoxy) is 2. The van der Waals surface area contributed by atoms with E-state index < -0.39 is 0 Å². The van der Waals surface area contributed by atoms with E-state index in [0.29, 0.717) is 17.8 Å². The van der Waals surface area contributed by atoms with Gasteiger partial charge >= 0.3 is 0 Å². The van der Waals surface area contributed by atoms with Crippen molar-refractivity contribution in [3.05, 3.63) is 108 Å². The largest absolute Gasteiger partial charge is 0.457 e. The molecule has 0 atom stereocenters. The Labute approximate surface area is 193 Å². The Balaban J connectivity index is 1.44. The molecule has 0 spiro atoms. The third-order valence-corrected chi connectivity index (χ3v) is 5.58. The summed E-state index contributed by atoms with van der Waals surface area (Å²) < 4.78 is 11.8. The molecule has 0 fully saturated rings. The molecular formula is C28H26N2O3. The number of carbonyl (C=O) groups excluding carboxylic acids is 1. The van der Waals surface area contributed by atoms with Crippen LogP contribution in [0.3, 0.4) is 0 Å². The van der Waals surface area contributed by atoms with E-state index in [2.05, 4.69) is 43.4 Å². The number of benzene rings is 4.